The maximum absolute atomic E-state index is 4.66. The monoisotopic (exact) mass is 327 g/mol. The molecule has 5 heteroatoms. The smallest absolute Gasteiger partial charge is 0.191 e. The van der Waals surface area contributed by atoms with E-state index in [9.17, 15) is 0 Å². The van der Waals surface area contributed by atoms with Gasteiger partial charge in [-0.3, -0.25) is 4.68 Å². The van der Waals surface area contributed by atoms with Gasteiger partial charge in [0.15, 0.2) is 5.96 Å². The molecule has 1 aromatic heterocycles. The van der Waals surface area contributed by atoms with Crippen LogP contribution in [0.5, 0.6) is 0 Å². The number of hydrogen-bond acceptors (Lipinski definition) is 2. The quantitative estimate of drug-likeness (QED) is 0.634. The fourth-order valence-electron chi connectivity index (χ4n) is 2.47. The lowest BCUT2D eigenvalue weighted by atomic mass is 9.84. The third-order valence-electron chi connectivity index (χ3n) is 4.20. The Morgan fingerprint density at radius 2 is 1.88 bits per heavy atom. The molecule has 0 fully saturated rings. The zero-order valence-electron chi connectivity index (χ0n) is 15.4. The summed E-state index contributed by atoms with van der Waals surface area (Å²) in [6, 6.07) is 10.7. The van der Waals surface area contributed by atoms with E-state index in [2.05, 4.69) is 72.7 Å². The van der Waals surface area contributed by atoms with Crippen LogP contribution in [0.1, 0.15) is 37.6 Å². The van der Waals surface area contributed by atoms with Crippen LogP contribution in [0.3, 0.4) is 0 Å². The normalized spacial score (nSPS) is 12.3. The molecular formula is C19H29N5. The van der Waals surface area contributed by atoms with Crippen molar-refractivity contribution in [1.82, 2.24) is 20.4 Å². The van der Waals surface area contributed by atoms with Crippen molar-refractivity contribution >= 4 is 5.96 Å². The number of guanidine groups is 1. The minimum Gasteiger partial charge on any atom is -0.357 e. The summed E-state index contributed by atoms with van der Waals surface area (Å²) in [6.07, 6.45) is 1.80. The Morgan fingerprint density at radius 3 is 2.46 bits per heavy atom. The first-order valence-electron chi connectivity index (χ1n) is 8.48. The lowest BCUT2D eigenvalue weighted by molar-refractivity contribution is 0.508. The molecule has 0 spiro atoms. The molecule has 0 radical (unpaired) electrons. The Hall–Kier alpha value is -2.30. The van der Waals surface area contributed by atoms with E-state index in [0.29, 0.717) is 6.54 Å². The molecule has 2 rings (SSSR count). The van der Waals surface area contributed by atoms with Crippen LogP contribution in [0.25, 0.3) is 0 Å². The van der Waals surface area contributed by atoms with Crippen molar-refractivity contribution in [3.8, 4) is 0 Å². The summed E-state index contributed by atoms with van der Waals surface area (Å²) < 4.78 is 1.85. The number of nitrogens with zero attached hydrogens (tertiary/aromatic N) is 3. The van der Waals surface area contributed by atoms with Crippen molar-refractivity contribution < 1.29 is 0 Å². The van der Waals surface area contributed by atoms with Gasteiger partial charge in [0.1, 0.15) is 0 Å². The van der Waals surface area contributed by atoms with Crippen molar-refractivity contribution in [3.05, 3.63) is 53.3 Å². The maximum Gasteiger partial charge on any atom is 0.191 e. The molecule has 2 N–H and O–H groups in total. The number of aryl methyl sites for hydroxylation is 2. The highest BCUT2D eigenvalue weighted by Gasteiger charge is 2.20. The van der Waals surface area contributed by atoms with E-state index >= 15 is 0 Å². The Balaban J connectivity index is 2.02. The van der Waals surface area contributed by atoms with Crippen molar-refractivity contribution in [1.29, 1.82) is 0 Å². The number of rotatable bonds is 6. The summed E-state index contributed by atoms with van der Waals surface area (Å²) in [5.41, 5.74) is 3.72. The third-order valence-corrected chi connectivity index (χ3v) is 4.20. The molecule has 0 aliphatic carbocycles. The van der Waals surface area contributed by atoms with Gasteiger partial charge in [0.05, 0.1) is 12.2 Å². The van der Waals surface area contributed by atoms with Crippen molar-refractivity contribution in [3.63, 3.8) is 0 Å². The molecule has 0 saturated carbocycles. The van der Waals surface area contributed by atoms with Crippen molar-refractivity contribution in [2.45, 2.75) is 39.7 Å². The molecule has 24 heavy (non-hydrogen) atoms. The topological polar surface area (TPSA) is 54.2 Å². The highest BCUT2D eigenvalue weighted by molar-refractivity contribution is 5.79. The van der Waals surface area contributed by atoms with E-state index in [0.717, 1.165) is 24.7 Å². The van der Waals surface area contributed by atoms with Crippen LogP contribution in [-0.2, 0) is 19.0 Å². The minimum absolute atomic E-state index is 0.0242. The van der Waals surface area contributed by atoms with Gasteiger partial charge in [-0.2, -0.15) is 5.10 Å². The molecule has 2 aromatic rings. The van der Waals surface area contributed by atoms with E-state index < -0.39 is 0 Å². The molecule has 0 atom stereocenters. The zero-order valence-corrected chi connectivity index (χ0v) is 15.4. The first-order chi connectivity index (χ1) is 11.4. The van der Waals surface area contributed by atoms with Gasteiger partial charge in [0.25, 0.3) is 0 Å². The molecule has 0 saturated heterocycles. The van der Waals surface area contributed by atoms with E-state index in [-0.39, 0.29) is 5.41 Å². The fraction of sp³-hybridized carbons (Fsp3) is 0.474. The molecule has 0 aliphatic heterocycles. The second-order valence-electron chi connectivity index (χ2n) is 6.74. The zero-order chi connectivity index (χ0) is 17.6. The van der Waals surface area contributed by atoms with Crippen LogP contribution < -0.4 is 10.6 Å². The Morgan fingerprint density at radius 1 is 1.17 bits per heavy atom. The number of aliphatic imine (C=N–C) groups is 1. The fourth-order valence-corrected chi connectivity index (χ4v) is 2.47. The molecule has 1 aromatic carbocycles. The van der Waals surface area contributed by atoms with Gasteiger partial charge in [-0.25, -0.2) is 4.99 Å². The lowest BCUT2D eigenvalue weighted by Crippen LogP contribution is -2.43. The van der Waals surface area contributed by atoms with Crippen molar-refractivity contribution in [2.75, 3.05) is 13.1 Å². The van der Waals surface area contributed by atoms with Gasteiger partial charge in [-0.15, -0.1) is 0 Å². The number of hydrogen-bond donors (Lipinski definition) is 2. The average molecular weight is 327 g/mol. The van der Waals surface area contributed by atoms with Crippen LogP contribution in [0.4, 0.5) is 0 Å². The second kappa shape index (κ2) is 7.99. The molecule has 5 nitrogen and oxygen atoms in total. The average Bonchev–Trinajstić information content (AvgIpc) is 2.96. The van der Waals surface area contributed by atoms with Gasteiger partial charge in [0.2, 0.25) is 0 Å². The first kappa shape index (κ1) is 18.0. The van der Waals surface area contributed by atoms with Gasteiger partial charge < -0.3 is 10.6 Å². The molecule has 130 valence electrons. The summed E-state index contributed by atoms with van der Waals surface area (Å²) in [5, 5.41) is 11.0. The maximum atomic E-state index is 4.66. The molecule has 0 bridgehead atoms. The van der Waals surface area contributed by atoms with Gasteiger partial charge >= 0.3 is 0 Å². The summed E-state index contributed by atoms with van der Waals surface area (Å²) in [5.74, 6) is 0.832. The number of nitrogens with one attached hydrogen (secondary N) is 2. The van der Waals surface area contributed by atoms with Crippen LogP contribution in [0.15, 0.2) is 41.5 Å². The van der Waals surface area contributed by atoms with Crippen LogP contribution in [0, 0.1) is 6.92 Å². The van der Waals surface area contributed by atoms with Crippen LogP contribution in [0.2, 0.25) is 0 Å². The van der Waals surface area contributed by atoms with Crippen LogP contribution in [-0.4, -0.2) is 28.8 Å². The van der Waals surface area contributed by atoms with Gasteiger partial charge in [0, 0.05) is 31.7 Å². The van der Waals surface area contributed by atoms with E-state index in [1.165, 1.54) is 11.1 Å². The Kier molecular flexibility index (Phi) is 6.01. The predicted octanol–water partition coefficient (Wildman–Crippen LogP) is 2.76. The van der Waals surface area contributed by atoms with Crippen LogP contribution >= 0.6 is 0 Å². The summed E-state index contributed by atoms with van der Waals surface area (Å²) >= 11 is 0. The van der Waals surface area contributed by atoms with E-state index in [1.54, 1.807) is 6.20 Å². The lowest BCUT2D eigenvalue weighted by Gasteiger charge is -2.27. The molecule has 1 heterocycles. The first-order valence-corrected chi connectivity index (χ1v) is 8.48. The summed E-state index contributed by atoms with van der Waals surface area (Å²) in [6.45, 7) is 10.9. The Bertz CT molecular complexity index is 667. The Labute approximate surface area is 145 Å². The summed E-state index contributed by atoms with van der Waals surface area (Å²) in [7, 11) is 1.94. The largest absolute Gasteiger partial charge is 0.357 e. The van der Waals surface area contributed by atoms with E-state index in [4.69, 9.17) is 0 Å². The third kappa shape index (κ3) is 4.85. The van der Waals surface area contributed by atoms with E-state index in [1.807, 2.05) is 17.8 Å². The SMILES string of the molecule is CCNC(=NCc1ccnn1C)NCC(C)(C)c1ccc(C)cc1. The second-order valence-corrected chi connectivity index (χ2v) is 6.74. The number of aromatic nitrogens is 2. The van der Waals surface area contributed by atoms with Crippen molar-refractivity contribution in [2.24, 2.45) is 12.0 Å². The number of benzene rings is 1. The minimum atomic E-state index is 0.0242. The standard InChI is InChI=1S/C19H29N5/c1-6-20-18(21-13-17-11-12-23-24(17)5)22-14-19(3,4)16-9-7-15(2)8-10-16/h7-12H,6,13-14H2,1-5H3,(H2,20,21,22). The van der Waals surface area contributed by atoms with Gasteiger partial charge in [-0.1, -0.05) is 43.7 Å². The molecule has 0 amide bonds. The summed E-state index contributed by atoms with van der Waals surface area (Å²) in [4.78, 5) is 4.66. The highest BCUT2D eigenvalue weighted by atomic mass is 15.3. The molecular weight excluding hydrogens is 298 g/mol. The van der Waals surface area contributed by atoms with Gasteiger partial charge in [-0.05, 0) is 25.5 Å². The molecule has 0 unspecified atom stereocenters. The highest BCUT2D eigenvalue weighted by Crippen LogP contribution is 2.22. The molecule has 0 aliphatic rings. The predicted molar refractivity (Wildman–Crippen MR) is 100 cm³/mol.